The van der Waals surface area contributed by atoms with E-state index in [0.717, 1.165) is 17.7 Å². The molecule has 0 unspecified atom stereocenters. The van der Waals surface area contributed by atoms with Crippen LogP contribution in [0, 0.1) is 12.7 Å². The molecule has 3 aromatic rings. The Bertz CT molecular complexity index is 1130. The quantitative estimate of drug-likeness (QED) is 0.259. The lowest BCUT2D eigenvalue weighted by molar-refractivity contribution is -0.120. The zero-order valence-electron chi connectivity index (χ0n) is 17.2. The van der Waals surface area contributed by atoms with Crippen LogP contribution in [-0.2, 0) is 4.79 Å². The van der Waals surface area contributed by atoms with E-state index < -0.39 is 23.6 Å². The third-order valence-corrected chi connectivity index (χ3v) is 4.30. The van der Waals surface area contributed by atoms with E-state index in [-0.39, 0.29) is 12.1 Å². The van der Waals surface area contributed by atoms with Gasteiger partial charge in [0.15, 0.2) is 0 Å². The number of benzene rings is 3. The number of hydrazone groups is 1. The van der Waals surface area contributed by atoms with Gasteiger partial charge in [-0.25, -0.2) is 14.6 Å². The van der Waals surface area contributed by atoms with Crippen LogP contribution in [0.5, 0.6) is 5.75 Å². The second-order valence-corrected chi connectivity index (χ2v) is 6.81. The SMILES string of the molecule is Cc1ccc(C(=O)Oc2ccc(/C=N/NC(=O)CNC(=O)c3ccc(F)cc3)cc2)cc1. The van der Waals surface area contributed by atoms with Crippen LogP contribution >= 0.6 is 0 Å². The number of nitrogens with zero attached hydrogens (tertiary/aromatic N) is 1. The van der Waals surface area contributed by atoms with Crippen molar-refractivity contribution in [3.05, 3.63) is 101 Å². The van der Waals surface area contributed by atoms with Crippen molar-refractivity contribution in [2.24, 2.45) is 5.10 Å². The molecule has 3 aromatic carbocycles. The molecule has 0 atom stereocenters. The lowest BCUT2D eigenvalue weighted by Gasteiger charge is -2.05. The van der Waals surface area contributed by atoms with Crippen LogP contribution in [0.1, 0.15) is 31.8 Å². The highest BCUT2D eigenvalue weighted by Gasteiger charge is 2.09. The number of esters is 1. The van der Waals surface area contributed by atoms with Crippen molar-refractivity contribution in [3.8, 4) is 5.75 Å². The van der Waals surface area contributed by atoms with Crippen LogP contribution in [0.2, 0.25) is 0 Å². The van der Waals surface area contributed by atoms with E-state index in [1.807, 2.05) is 19.1 Å². The topological polar surface area (TPSA) is 96.9 Å². The van der Waals surface area contributed by atoms with Crippen LogP contribution in [0.4, 0.5) is 4.39 Å². The van der Waals surface area contributed by atoms with Gasteiger partial charge in [0.05, 0.1) is 18.3 Å². The molecule has 0 aromatic heterocycles. The van der Waals surface area contributed by atoms with Crippen LogP contribution in [0.25, 0.3) is 0 Å². The molecule has 7 nitrogen and oxygen atoms in total. The van der Waals surface area contributed by atoms with E-state index in [9.17, 15) is 18.8 Å². The summed E-state index contributed by atoms with van der Waals surface area (Å²) in [5.74, 6) is -1.56. The first-order chi connectivity index (χ1) is 15.4. The average molecular weight is 433 g/mol. The molecular formula is C24H20FN3O4. The van der Waals surface area contributed by atoms with Crippen LogP contribution in [0.15, 0.2) is 77.9 Å². The van der Waals surface area contributed by atoms with E-state index in [0.29, 0.717) is 16.9 Å². The van der Waals surface area contributed by atoms with Gasteiger partial charge in [-0.3, -0.25) is 9.59 Å². The summed E-state index contributed by atoms with van der Waals surface area (Å²) in [4.78, 5) is 35.8. The monoisotopic (exact) mass is 433 g/mol. The largest absolute Gasteiger partial charge is 0.423 e. The van der Waals surface area contributed by atoms with E-state index in [1.165, 1.54) is 18.3 Å². The molecule has 0 spiro atoms. The fourth-order valence-corrected chi connectivity index (χ4v) is 2.56. The predicted octanol–water partition coefficient (Wildman–Crippen LogP) is 3.23. The number of nitrogens with one attached hydrogen (secondary N) is 2. The summed E-state index contributed by atoms with van der Waals surface area (Å²) in [6.45, 7) is 1.64. The maximum atomic E-state index is 12.9. The van der Waals surface area contributed by atoms with E-state index in [2.05, 4.69) is 15.8 Å². The van der Waals surface area contributed by atoms with Gasteiger partial charge < -0.3 is 10.1 Å². The Morgan fingerprint density at radius 1 is 0.906 bits per heavy atom. The van der Waals surface area contributed by atoms with Crippen LogP contribution in [-0.4, -0.2) is 30.5 Å². The van der Waals surface area contributed by atoms with Gasteiger partial charge in [0.1, 0.15) is 11.6 Å². The number of halogens is 1. The van der Waals surface area contributed by atoms with Crippen molar-refractivity contribution in [2.75, 3.05) is 6.54 Å². The predicted molar refractivity (Wildman–Crippen MR) is 117 cm³/mol. The Labute approximate surface area is 183 Å². The molecule has 0 fully saturated rings. The van der Waals surface area contributed by atoms with Crippen molar-refractivity contribution in [1.82, 2.24) is 10.7 Å². The smallest absolute Gasteiger partial charge is 0.343 e. The van der Waals surface area contributed by atoms with Crippen molar-refractivity contribution >= 4 is 24.0 Å². The molecule has 32 heavy (non-hydrogen) atoms. The van der Waals surface area contributed by atoms with Gasteiger partial charge in [0, 0.05) is 5.56 Å². The molecule has 2 amide bonds. The highest BCUT2D eigenvalue weighted by molar-refractivity contribution is 5.96. The third-order valence-electron chi connectivity index (χ3n) is 4.30. The average Bonchev–Trinajstić information content (AvgIpc) is 2.79. The van der Waals surface area contributed by atoms with Gasteiger partial charge in [0.2, 0.25) is 0 Å². The fraction of sp³-hybridized carbons (Fsp3) is 0.0833. The first kappa shape index (κ1) is 22.4. The summed E-state index contributed by atoms with van der Waals surface area (Å²) < 4.78 is 18.2. The van der Waals surface area contributed by atoms with E-state index in [4.69, 9.17) is 4.74 Å². The molecule has 0 aliphatic carbocycles. The third kappa shape index (κ3) is 6.60. The zero-order valence-corrected chi connectivity index (χ0v) is 17.2. The molecule has 0 radical (unpaired) electrons. The first-order valence-electron chi connectivity index (χ1n) is 9.65. The maximum Gasteiger partial charge on any atom is 0.343 e. The van der Waals surface area contributed by atoms with Gasteiger partial charge in [-0.05, 0) is 73.2 Å². The van der Waals surface area contributed by atoms with Gasteiger partial charge >= 0.3 is 5.97 Å². The summed E-state index contributed by atoms with van der Waals surface area (Å²) in [6, 6.07) is 18.6. The Morgan fingerprint density at radius 3 is 2.19 bits per heavy atom. The molecule has 0 aliphatic rings. The Kier molecular flexibility index (Phi) is 7.42. The Morgan fingerprint density at radius 2 is 1.53 bits per heavy atom. The normalized spacial score (nSPS) is 10.6. The number of hydrogen-bond acceptors (Lipinski definition) is 5. The molecule has 3 rings (SSSR count). The Balaban J connectivity index is 1.44. The Hall–Kier alpha value is -4.33. The molecule has 162 valence electrons. The van der Waals surface area contributed by atoms with Crippen molar-refractivity contribution < 1.29 is 23.5 Å². The fourth-order valence-electron chi connectivity index (χ4n) is 2.56. The minimum absolute atomic E-state index is 0.242. The zero-order chi connectivity index (χ0) is 22.9. The number of aryl methyl sites for hydroxylation is 1. The lowest BCUT2D eigenvalue weighted by atomic mass is 10.1. The first-order valence-corrected chi connectivity index (χ1v) is 9.65. The summed E-state index contributed by atoms with van der Waals surface area (Å²) in [5, 5.41) is 6.23. The van der Waals surface area contributed by atoms with Gasteiger partial charge in [-0.15, -0.1) is 0 Å². The van der Waals surface area contributed by atoms with Crippen molar-refractivity contribution in [3.63, 3.8) is 0 Å². The number of hydrogen-bond donors (Lipinski definition) is 2. The molecule has 0 heterocycles. The summed E-state index contributed by atoms with van der Waals surface area (Å²) in [6.07, 6.45) is 1.41. The highest BCUT2D eigenvalue weighted by Crippen LogP contribution is 2.14. The van der Waals surface area contributed by atoms with E-state index >= 15 is 0 Å². The second kappa shape index (κ2) is 10.6. The van der Waals surface area contributed by atoms with Gasteiger partial charge in [-0.2, -0.15) is 5.10 Å². The summed E-state index contributed by atoms with van der Waals surface area (Å²) >= 11 is 0. The standard InChI is InChI=1S/C24H20FN3O4/c1-16-2-6-19(7-3-16)24(31)32-21-12-4-17(5-13-21)14-27-28-22(29)15-26-23(30)18-8-10-20(25)11-9-18/h2-14H,15H2,1H3,(H,26,30)(H,28,29)/b27-14+. The molecule has 0 bridgehead atoms. The van der Waals surface area contributed by atoms with Crippen molar-refractivity contribution in [1.29, 1.82) is 0 Å². The molecule has 0 aliphatic heterocycles. The molecule has 8 heteroatoms. The molecule has 2 N–H and O–H groups in total. The number of rotatable bonds is 7. The second-order valence-electron chi connectivity index (χ2n) is 6.81. The lowest BCUT2D eigenvalue weighted by Crippen LogP contribution is -2.34. The summed E-state index contributed by atoms with van der Waals surface area (Å²) in [5.41, 5.74) is 4.70. The van der Waals surface area contributed by atoms with Gasteiger partial charge in [0.25, 0.3) is 11.8 Å². The number of ether oxygens (including phenoxy) is 1. The van der Waals surface area contributed by atoms with Crippen molar-refractivity contribution in [2.45, 2.75) is 6.92 Å². The maximum absolute atomic E-state index is 12.9. The minimum atomic E-state index is -0.527. The number of carbonyl (C=O) groups excluding carboxylic acids is 3. The number of amides is 2. The minimum Gasteiger partial charge on any atom is -0.423 e. The van der Waals surface area contributed by atoms with Crippen LogP contribution in [0.3, 0.4) is 0 Å². The summed E-state index contributed by atoms with van der Waals surface area (Å²) in [7, 11) is 0. The molecule has 0 saturated heterocycles. The van der Waals surface area contributed by atoms with E-state index in [1.54, 1.807) is 36.4 Å². The molecule has 0 saturated carbocycles. The van der Waals surface area contributed by atoms with Gasteiger partial charge in [-0.1, -0.05) is 17.7 Å². The number of carbonyl (C=O) groups is 3. The highest BCUT2D eigenvalue weighted by atomic mass is 19.1. The molecular weight excluding hydrogens is 413 g/mol. The van der Waals surface area contributed by atoms with Crippen LogP contribution < -0.4 is 15.5 Å².